The van der Waals surface area contributed by atoms with E-state index < -0.39 is 73.4 Å². The van der Waals surface area contributed by atoms with Gasteiger partial charge in [-0.3, -0.25) is 9.59 Å². The molecule has 3 aliphatic rings. The highest BCUT2D eigenvalue weighted by Gasteiger charge is 2.48. The predicted octanol–water partition coefficient (Wildman–Crippen LogP) is -5.75. The van der Waals surface area contributed by atoms with Gasteiger partial charge in [0.2, 0.25) is 11.8 Å². The number of β-amino-alcohol motifs (C(OH)–C–C–N with tert-alkyl or cyclic N) is 1. The van der Waals surface area contributed by atoms with Gasteiger partial charge >= 0.3 is 6.09 Å². The third-order valence-corrected chi connectivity index (χ3v) is 6.05. The molecular weight excluding hydrogens is 468 g/mol. The van der Waals surface area contributed by atoms with Crippen molar-refractivity contribution in [3.8, 4) is 0 Å². The number of nitrogens with two attached hydrogens (primary N) is 3. The smallest absolute Gasteiger partial charge is 0.404 e. The molecule has 0 aromatic rings. The molecular formula is C19H34N8O8. The lowest BCUT2D eigenvalue weighted by Gasteiger charge is -2.43. The van der Waals surface area contributed by atoms with E-state index in [1.807, 2.05) is 0 Å². The van der Waals surface area contributed by atoms with Crippen molar-refractivity contribution in [1.29, 1.82) is 0 Å². The number of nitrogens with zero attached hydrogens (tertiary/aromatic N) is 1. The summed E-state index contributed by atoms with van der Waals surface area (Å²) >= 11 is 0. The highest BCUT2D eigenvalue weighted by Crippen LogP contribution is 2.22. The van der Waals surface area contributed by atoms with Crippen LogP contribution in [-0.2, 0) is 19.1 Å². The van der Waals surface area contributed by atoms with E-state index in [9.17, 15) is 29.7 Å². The number of carbonyl (C=O) groups excluding carboxylic acids is 3. The summed E-state index contributed by atoms with van der Waals surface area (Å²) in [5.41, 5.74) is 16.4. The van der Waals surface area contributed by atoms with Crippen LogP contribution in [0.5, 0.6) is 0 Å². The molecule has 3 aliphatic heterocycles. The van der Waals surface area contributed by atoms with Crippen molar-refractivity contribution in [2.75, 3.05) is 19.7 Å². The maximum atomic E-state index is 12.6. The number of rotatable bonds is 9. The Balaban J connectivity index is 1.73. The van der Waals surface area contributed by atoms with Crippen molar-refractivity contribution >= 4 is 23.9 Å². The number of hydrogen-bond donors (Lipinski definition) is 10. The Kier molecular flexibility index (Phi) is 9.03. The van der Waals surface area contributed by atoms with E-state index in [0.29, 0.717) is 19.4 Å². The van der Waals surface area contributed by atoms with Crippen molar-refractivity contribution in [2.24, 2.45) is 22.2 Å². The van der Waals surface area contributed by atoms with Crippen molar-refractivity contribution in [3.63, 3.8) is 0 Å². The molecule has 35 heavy (non-hydrogen) atoms. The molecule has 3 rings (SSSR count). The average Bonchev–Trinajstić information content (AvgIpc) is 3.24. The maximum absolute atomic E-state index is 12.6. The van der Waals surface area contributed by atoms with Gasteiger partial charge in [0.1, 0.15) is 31.0 Å². The third kappa shape index (κ3) is 6.68. The van der Waals surface area contributed by atoms with Gasteiger partial charge in [-0.25, -0.2) is 9.79 Å². The van der Waals surface area contributed by atoms with Gasteiger partial charge in [0.15, 0.2) is 18.2 Å². The maximum Gasteiger partial charge on any atom is 0.404 e. The molecule has 2 saturated heterocycles. The van der Waals surface area contributed by atoms with E-state index in [4.69, 9.17) is 26.7 Å². The van der Waals surface area contributed by atoms with Crippen molar-refractivity contribution in [3.05, 3.63) is 0 Å². The van der Waals surface area contributed by atoms with Crippen LogP contribution in [0.3, 0.4) is 0 Å². The molecule has 4 unspecified atom stereocenters. The molecule has 0 bridgehead atoms. The fourth-order valence-corrected chi connectivity index (χ4v) is 4.19. The molecule has 9 atom stereocenters. The SMILES string of the molecule is NCCCC(N)CC(=O)N[C@@H]1[C@@H](O)[C@H](O)[C@@H](COC(N)=O)O[C@@H]1NC1=NC2C(=O)NCC(O)C2N1. The summed E-state index contributed by atoms with van der Waals surface area (Å²) in [6, 6.07) is -3.23. The zero-order chi connectivity index (χ0) is 25.7. The van der Waals surface area contributed by atoms with Gasteiger partial charge in [0, 0.05) is 19.0 Å². The molecule has 198 valence electrons. The molecule has 0 radical (unpaired) electrons. The van der Waals surface area contributed by atoms with E-state index in [2.05, 4.69) is 26.3 Å². The predicted molar refractivity (Wildman–Crippen MR) is 119 cm³/mol. The molecule has 16 heteroatoms. The largest absolute Gasteiger partial charge is 0.447 e. The molecule has 0 aliphatic carbocycles. The number of piperidine rings is 1. The summed E-state index contributed by atoms with van der Waals surface area (Å²) in [6.07, 6.45) is -6.38. The van der Waals surface area contributed by atoms with E-state index in [0.717, 1.165) is 0 Å². The highest BCUT2D eigenvalue weighted by atomic mass is 16.6. The van der Waals surface area contributed by atoms with Crippen LogP contribution >= 0.6 is 0 Å². The van der Waals surface area contributed by atoms with E-state index in [-0.39, 0.29) is 24.8 Å². The van der Waals surface area contributed by atoms with Crippen LogP contribution in [0, 0.1) is 0 Å². The first-order valence-corrected chi connectivity index (χ1v) is 11.4. The number of ether oxygens (including phenoxy) is 2. The zero-order valence-electron chi connectivity index (χ0n) is 19.0. The minimum Gasteiger partial charge on any atom is -0.447 e. The van der Waals surface area contributed by atoms with Crippen LogP contribution in [0.2, 0.25) is 0 Å². The molecule has 2 fully saturated rings. The molecule has 3 heterocycles. The lowest BCUT2D eigenvalue weighted by atomic mass is 9.95. The third-order valence-electron chi connectivity index (χ3n) is 6.05. The quantitative estimate of drug-likeness (QED) is 0.141. The number of aliphatic imine (C=N–C) groups is 1. The first kappa shape index (κ1) is 26.8. The second-order valence-electron chi connectivity index (χ2n) is 8.74. The van der Waals surface area contributed by atoms with Crippen LogP contribution in [0.1, 0.15) is 19.3 Å². The van der Waals surface area contributed by atoms with Crippen LogP contribution in [0.4, 0.5) is 4.79 Å². The molecule has 0 saturated carbocycles. The number of primary amides is 1. The minimum absolute atomic E-state index is 0.0518. The summed E-state index contributed by atoms with van der Waals surface area (Å²) in [6.45, 7) is 0.0141. The second kappa shape index (κ2) is 11.8. The summed E-state index contributed by atoms with van der Waals surface area (Å²) in [7, 11) is 0. The van der Waals surface area contributed by atoms with Crippen molar-refractivity contribution < 1.29 is 39.2 Å². The van der Waals surface area contributed by atoms with Gasteiger partial charge in [-0.05, 0) is 19.4 Å². The summed E-state index contributed by atoms with van der Waals surface area (Å²) in [5.74, 6) is -0.815. The first-order valence-electron chi connectivity index (χ1n) is 11.4. The van der Waals surface area contributed by atoms with Gasteiger partial charge in [0.05, 0.1) is 12.1 Å². The molecule has 13 N–H and O–H groups in total. The first-order chi connectivity index (χ1) is 16.6. The topological polar surface area (TPSA) is 269 Å². The molecule has 0 spiro atoms. The van der Waals surface area contributed by atoms with Crippen LogP contribution in [0.15, 0.2) is 4.99 Å². The average molecular weight is 503 g/mol. The van der Waals surface area contributed by atoms with Crippen LogP contribution in [-0.4, -0.2) is 114 Å². The number of carbonyl (C=O) groups is 3. The normalized spacial score (nSPS) is 35.1. The summed E-state index contributed by atoms with van der Waals surface area (Å²) < 4.78 is 10.5. The molecule has 3 amide bonds. The van der Waals surface area contributed by atoms with Gasteiger partial charge in [-0.2, -0.15) is 0 Å². The number of nitrogens with one attached hydrogen (secondary N) is 4. The number of fused-ring (bicyclic) bond motifs is 1. The lowest BCUT2D eigenvalue weighted by Crippen LogP contribution is -2.69. The minimum atomic E-state index is -1.55. The van der Waals surface area contributed by atoms with Crippen molar-refractivity contribution in [1.82, 2.24) is 21.3 Å². The Bertz CT molecular complexity index is 816. The van der Waals surface area contributed by atoms with Crippen LogP contribution < -0.4 is 38.5 Å². The number of amides is 3. The molecule has 16 nitrogen and oxygen atoms in total. The number of guanidine groups is 1. The Morgan fingerprint density at radius 3 is 2.69 bits per heavy atom. The fraction of sp³-hybridized carbons (Fsp3) is 0.789. The van der Waals surface area contributed by atoms with Gasteiger partial charge < -0.3 is 63.3 Å². The highest BCUT2D eigenvalue weighted by molar-refractivity contribution is 5.92. The van der Waals surface area contributed by atoms with E-state index in [1.165, 1.54) is 0 Å². The lowest BCUT2D eigenvalue weighted by molar-refractivity contribution is -0.198. The zero-order valence-corrected chi connectivity index (χ0v) is 19.0. The Hall–Kier alpha value is -2.76. The molecule has 0 aromatic carbocycles. The fourth-order valence-electron chi connectivity index (χ4n) is 4.19. The monoisotopic (exact) mass is 502 g/mol. The van der Waals surface area contributed by atoms with E-state index in [1.54, 1.807) is 0 Å². The van der Waals surface area contributed by atoms with Crippen molar-refractivity contribution in [2.45, 2.75) is 74.1 Å². The second-order valence-corrected chi connectivity index (χ2v) is 8.74. The Labute approximate surface area is 200 Å². The number of hydrogen-bond acceptors (Lipinski definition) is 13. The van der Waals surface area contributed by atoms with Gasteiger partial charge in [-0.15, -0.1) is 0 Å². The summed E-state index contributed by atoms with van der Waals surface area (Å²) in [4.78, 5) is 39.9. The van der Waals surface area contributed by atoms with Crippen LogP contribution in [0.25, 0.3) is 0 Å². The summed E-state index contributed by atoms with van der Waals surface area (Å²) in [5, 5.41) is 42.3. The Morgan fingerprint density at radius 2 is 2.03 bits per heavy atom. The number of aliphatic hydroxyl groups excluding tert-OH is 3. The Morgan fingerprint density at radius 1 is 1.29 bits per heavy atom. The van der Waals surface area contributed by atoms with E-state index >= 15 is 0 Å². The standard InChI is InChI=1S/C19H34N8O8/c20-3-1-2-7(21)4-10(29)24-13-15(31)14(30)9(6-34-18(22)33)35-17(13)27-19-25-11-8(28)5-23-16(32)12(11)26-19/h7-9,11-15,17,28,30-31H,1-6,20-21H2,(H2,22,33)(H,23,32)(H,24,29)(H2,25,26,27)/t7?,8?,9-,11?,12?,13-,14-,15-,17+/m1/s1. The van der Waals surface area contributed by atoms with Gasteiger partial charge in [0.25, 0.3) is 0 Å². The van der Waals surface area contributed by atoms with Gasteiger partial charge in [-0.1, -0.05) is 0 Å². The number of aliphatic hydroxyl groups is 3. The molecule has 0 aromatic heterocycles.